The van der Waals surface area contributed by atoms with Gasteiger partial charge in [-0.2, -0.15) is 0 Å². The van der Waals surface area contributed by atoms with E-state index >= 15 is 0 Å². The van der Waals surface area contributed by atoms with E-state index in [1.54, 1.807) is 6.92 Å². The van der Waals surface area contributed by atoms with Crippen molar-refractivity contribution in [3.05, 3.63) is 0 Å². The first-order valence-corrected chi connectivity index (χ1v) is 7.09. The lowest BCUT2D eigenvalue weighted by Crippen LogP contribution is -2.50. The lowest BCUT2D eigenvalue weighted by atomic mass is 9.77. The average molecular weight is 258 g/mol. The highest BCUT2D eigenvalue weighted by atomic mass is 16.5. The number of aliphatic hydroxyl groups is 1. The Labute approximate surface area is 110 Å². The van der Waals surface area contributed by atoms with Gasteiger partial charge in [-0.25, -0.2) is 4.79 Å². The van der Waals surface area contributed by atoms with Crippen LogP contribution in [0.25, 0.3) is 0 Å². The molecule has 0 amide bonds. The summed E-state index contributed by atoms with van der Waals surface area (Å²) in [5.74, 6) is -0.510. The third kappa shape index (κ3) is 3.45. The first-order chi connectivity index (χ1) is 8.58. The molecule has 1 aliphatic rings. The zero-order valence-electron chi connectivity index (χ0n) is 11.8. The van der Waals surface area contributed by atoms with Crippen LogP contribution in [0.1, 0.15) is 52.9 Å². The monoisotopic (exact) mass is 258 g/mol. The quantitative estimate of drug-likeness (QED) is 0.743. The minimum Gasteiger partial charge on any atom is -0.464 e. The van der Waals surface area contributed by atoms with Gasteiger partial charge in [0.15, 0.2) is 5.60 Å². The summed E-state index contributed by atoms with van der Waals surface area (Å²) in [4.78, 5) is 12.0. The zero-order valence-corrected chi connectivity index (χ0v) is 11.8. The molecule has 0 aromatic heterocycles. The molecule has 3 unspecified atom stereocenters. The van der Waals surface area contributed by atoms with E-state index in [2.05, 4.69) is 6.92 Å². The van der Waals surface area contributed by atoms with Crippen molar-refractivity contribution in [2.24, 2.45) is 5.92 Å². The number of esters is 1. The van der Waals surface area contributed by atoms with E-state index < -0.39 is 11.6 Å². The first kappa shape index (κ1) is 15.4. The van der Waals surface area contributed by atoms with Crippen molar-refractivity contribution >= 4 is 5.97 Å². The molecule has 4 nitrogen and oxygen atoms in total. The smallest absolute Gasteiger partial charge is 0.338 e. The SMILES string of the molecule is CCCC(O)(C(=O)OCC)C1CCOC(CC)C1. The largest absolute Gasteiger partial charge is 0.464 e. The van der Waals surface area contributed by atoms with E-state index in [1.165, 1.54) is 0 Å². The van der Waals surface area contributed by atoms with E-state index in [-0.39, 0.29) is 12.0 Å². The molecule has 0 radical (unpaired) electrons. The fraction of sp³-hybridized carbons (Fsp3) is 0.929. The van der Waals surface area contributed by atoms with E-state index in [1.807, 2.05) is 6.92 Å². The number of rotatable bonds is 6. The maximum absolute atomic E-state index is 12.0. The molecule has 0 saturated carbocycles. The molecule has 1 N–H and O–H groups in total. The first-order valence-electron chi connectivity index (χ1n) is 7.09. The van der Waals surface area contributed by atoms with Crippen LogP contribution in [0, 0.1) is 5.92 Å². The van der Waals surface area contributed by atoms with Crippen LogP contribution >= 0.6 is 0 Å². The van der Waals surface area contributed by atoms with Gasteiger partial charge in [-0.1, -0.05) is 20.3 Å². The Balaban J connectivity index is 2.78. The van der Waals surface area contributed by atoms with Gasteiger partial charge in [0, 0.05) is 12.5 Å². The van der Waals surface area contributed by atoms with Crippen LogP contribution in [0.2, 0.25) is 0 Å². The maximum Gasteiger partial charge on any atom is 0.338 e. The van der Waals surface area contributed by atoms with Crippen LogP contribution in [0.15, 0.2) is 0 Å². The predicted molar refractivity (Wildman–Crippen MR) is 69.2 cm³/mol. The van der Waals surface area contributed by atoms with Crippen molar-refractivity contribution in [2.45, 2.75) is 64.6 Å². The number of hydrogen-bond donors (Lipinski definition) is 1. The Hall–Kier alpha value is -0.610. The molecule has 1 heterocycles. The molecule has 0 bridgehead atoms. The highest BCUT2D eigenvalue weighted by molar-refractivity contribution is 5.79. The van der Waals surface area contributed by atoms with E-state index in [4.69, 9.17) is 9.47 Å². The molecule has 1 aliphatic heterocycles. The molecular weight excluding hydrogens is 232 g/mol. The highest BCUT2D eigenvalue weighted by Crippen LogP contribution is 2.35. The van der Waals surface area contributed by atoms with Gasteiger partial charge >= 0.3 is 5.97 Å². The number of hydrogen-bond acceptors (Lipinski definition) is 4. The summed E-state index contributed by atoms with van der Waals surface area (Å²) in [7, 11) is 0. The maximum atomic E-state index is 12.0. The average Bonchev–Trinajstić information content (AvgIpc) is 2.39. The fourth-order valence-corrected chi connectivity index (χ4v) is 2.71. The van der Waals surface area contributed by atoms with Crippen molar-refractivity contribution in [1.82, 2.24) is 0 Å². The molecule has 4 heteroatoms. The van der Waals surface area contributed by atoms with Crippen molar-refractivity contribution in [1.29, 1.82) is 0 Å². The molecule has 0 spiro atoms. The summed E-state index contributed by atoms with van der Waals surface area (Å²) in [5, 5.41) is 10.7. The van der Waals surface area contributed by atoms with Gasteiger partial charge in [0.25, 0.3) is 0 Å². The van der Waals surface area contributed by atoms with E-state index in [9.17, 15) is 9.90 Å². The number of ether oxygens (including phenoxy) is 2. The lowest BCUT2D eigenvalue weighted by Gasteiger charge is -2.38. The van der Waals surface area contributed by atoms with Crippen molar-refractivity contribution in [3.63, 3.8) is 0 Å². The van der Waals surface area contributed by atoms with Gasteiger partial charge in [0.1, 0.15) is 0 Å². The lowest BCUT2D eigenvalue weighted by molar-refractivity contribution is -0.179. The second-order valence-electron chi connectivity index (χ2n) is 5.02. The van der Waals surface area contributed by atoms with Crippen molar-refractivity contribution in [3.8, 4) is 0 Å². The molecule has 1 rings (SSSR count). The molecule has 106 valence electrons. The topological polar surface area (TPSA) is 55.8 Å². The van der Waals surface area contributed by atoms with Crippen LogP contribution < -0.4 is 0 Å². The van der Waals surface area contributed by atoms with Gasteiger partial charge in [-0.3, -0.25) is 0 Å². The molecule has 1 saturated heterocycles. The molecule has 0 aromatic carbocycles. The summed E-state index contributed by atoms with van der Waals surface area (Å²) in [6.45, 7) is 6.74. The summed E-state index contributed by atoms with van der Waals surface area (Å²) < 4.78 is 10.7. The van der Waals surface area contributed by atoms with Crippen LogP contribution in [0.5, 0.6) is 0 Å². The Morgan fingerprint density at radius 2 is 2.17 bits per heavy atom. The van der Waals surface area contributed by atoms with Gasteiger partial charge in [0.05, 0.1) is 12.7 Å². The van der Waals surface area contributed by atoms with E-state index in [0.717, 1.165) is 25.7 Å². The molecule has 1 fully saturated rings. The Morgan fingerprint density at radius 1 is 1.44 bits per heavy atom. The summed E-state index contributed by atoms with van der Waals surface area (Å²) >= 11 is 0. The summed E-state index contributed by atoms with van der Waals surface area (Å²) in [6.07, 6.45) is 3.77. The van der Waals surface area contributed by atoms with Crippen LogP contribution in [0.3, 0.4) is 0 Å². The van der Waals surface area contributed by atoms with Crippen LogP contribution in [0.4, 0.5) is 0 Å². The third-order valence-electron chi connectivity index (χ3n) is 3.76. The van der Waals surface area contributed by atoms with Crippen molar-refractivity contribution in [2.75, 3.05) is 13.2 Å². The number of carbonyl (C=O) groups is 1. The second kappa shape index (κ2) is 7.10. The molecule has 3 atom stereocenters. The summed E-state index contributed by atoms with van der Waals surface area (Å²) in [5.41, 5.74) is -1.33. The predicted octanol–water partition coefficient (Wildman–Crippen LogP) is 2.29. The van der Waals surface area contributed by atoms with Crippen LogP contribution in [-0.2, 0) is 14.3 Å². The zero-order chi connectivity index (χ0) is 13.6. The third-order valence-corrected chi connectivity index (χ3v) is 3.76. The second-order valence-corrected chi connectivity index (χ2v) is 5.02. The standard InChI is InChI=1S/C14H26O4/c1-4-8-14(16,13(15)17-6-3)11-7-9-18-12(5-2)10-11/h11-12,16H,4-10H2,1-3H3. The number of carbonyl (C=O) groups excluding carboxylic acids is 1. The fourth-order valence-electron chi connectivity index (χ4n) is 2.71. The van der Waals surface area contributed by atoms with Gasteiger partial charge in [-0.05, 0) is 32.6 Å². The van der Waals surface area contributed by atoms with Crippen LogP contribution in [-0.4, -0.2) is 36.0 Å². The minimum atomic E-state index is -1.33. The molecule has 18 heavy (non-hydrogen) atoms. The van der Waals surface area contributed by atoms with Gasteiger partial charge < -0.3 is 14.6 Å². The highest BCUT2D eigenvalue weighted by Gasteiger charge is 2.46. The molecule has 0 aliphatic carbocycles. The Kier molecular flexibility index (Phi) is 6.09. The Bertz CT molecular complexity index is 267. The Morgan fingerprint density at radius 3 is 2.72 bits per heavy atom. The van der Waals surface area contributed by atoms with Crippen molar-refractivity contribution < 1.29 is 19.4 Å². The van der Waals surface area contributed by atoms with Gasteiger partial charge in [0.2, 0.25) is 0 Å². The summed E-state index contributed by atoms with van der Waals surface area (Å²) in [6, 6.07) is 0. The molecule has 0 aromatic rings. The normalized spacial score (nSPS) is 27.6. The molecular formula is C14H26O4. The minimum absolute atomic E-state index is 0.0461. The van der Waals surface area contributed by atoms with Gasteiger partial charge in [-0.15, -0.1) is 0 Å². The van der Waals surface area contributed by atoms with E-state index in [0.29, 0.717) is 19.6 Å².